The molecule has 1 fully saturated rings. The monoisotopic (exact) mass is 353 g/mol. The van der Waals surface area contributed by atoms with Gasteiger partial charge >= 0.3 is 0 Å². The van der Waals surface area contributed by atoms with Crippen LogP contribution in [0.4, 0.5) is 11.4 Å². The first-order chi connectivity index (χ1) is 9.97. The van der Waals surface area contributed by atoms with Crippen LogP contribution >= 0.6 is 15.9 Å². The lowest BCUT2D eigenvalue weighted by Crippen LogP contribution is -2.34. The first-order valence-electron chi connectivity index (χ1n) is 6.78. The fraction of sp³-hybridized carbons (Fsp3) is 0.429. The van der Waals surface area contributed by atoms with Gasteiger partial charge in [0.15, 0.2) is 6.10 Å². The summed E-state index contributed by atoms with van der Waals surface area (Å²) >= 11 is 3.48. The van der Waals surface area contributed by atoms with Gasteiger partial charge in [0.05, 0.1) is 12.2 Å². The number of halogens is 1. The molecule has 0 aliphatic carbocycles. The van der Waals surface area contributed by atoms with E-state index in [4.69, 9.17) is 0 Å². The van der Waals surface area contributed by atoms with Gasteiger partial charge in [-0.15, -0.1) is 0 Å². The van der Waals surface area contributed by atoms with E-state index in [0.717, 1.165) is 29.7 Å². The Labute approximate surface area is 130 Å². The number of hydrogen-bond donors (Lipinski definition) is 2. The number of aliphatic hydroxyl groups is 1. The van der Waals surface area contributed by atoms with Crippen molar-refractivity contribution in [3.63, 3.8) is 0 Å². The minimum absolute atomic E-state index is 0.0731. The zero-order valence-corrected chi connectivity index (χ0v) is 13.2. The summed E-state index contributed by atoms with van der Waals surface area (Å²) in [5, 5.41) is 12.4. The molecule has 1 unspecified atom stereocenters. The molecule has 0 radical (unpaired) electrons. The molecule has 2 N–H and O–H groups in total. The van der Waals surface area contributed by atoms with Crippen molar-refractivity contribution in [2.24, 2.45) is 0 Å². The van der Waals surface area contributed by atoms with Gasteiger partial charge in [-0.1, -0.05) is 0 Å². The number of benzene rings is 1. The van der Waals surface area contributed by atoms with Gasteiger partial charge < -0.3 is 20.2 Å². The number of nitrogens with zero attached hydrogens (tertiary/aromatic N) is 2. The smallest absolute Gasteiger partial charge is 0.257 e. The lowest BCUT2D eigenvalue weighted by Gasteiger charge is -2.24. The molecule has 6 nitrogen and oxygen atoms in total. The zero-order valence-electron chi connectivity index (χ0n) is 11.6. The van der Waals surface area contributed by atoms with E-state index in [1.54, 1.807) is 18.0 Å². The predicted octanol–water partition coefficient (Wildman–Crippen LogP) is 1.10. The normalized spacial score (nSPS) is 22.1. The number of anilines is 2. The van der Waals surface area contributed by atoms with E-state index in [-0.39, 0.29) is 5.91 Å². The second-order valence-corrected chi connectivity index (χ2v) is 6.23. The Bertz CT molecular complexity index is 620. The lowest BCUT2D eigenvalue weighted by atomic mass is 10.1. The van der Waals surface area contributed by atoms with Crippen molar-refractivity contribution < 1.29 is 14.7 Å². The van der Waals surface area contributed by atoms with Gasteiger partial charge in [-0.25, -0.2) is 0 Å². The molecule has 2 aliphatic rings. The summed E-state index contributed by atoms with van der Waals surface area (Å²) in [5.41, 5.74) is 2.02. The van der Waals surface area contributed by atoms with Crippen molar-refractivity contribution in [2.45, 2.75) is 12.5 Å². The zero-order chi connectivity index (χ0) is 15.1. The van der Waals surface area contributed by atoms with E-state index in [1.165, 1.54) is 0 Å². The number of hydrogen-bond acceptors (Lipinski definition) is 4. The molecule has 2 aliphatic heterocycles. The van der Waals surface area contributed by atoms with E-state index in [2.05, 4.69) is 21.2 Å². The topological polar surface area (TPSA) is 72.9 Å². The van der Waals surface area contributed by atoms with Gasteiger partial charge in [-0.3, -0.25) is 9.59 Å². The van der Waals surface area contributed by atoms with Crippen LogP contribution in [0.15, 0.2) is 16.6 Å². The summed E-state index contributed by atoms with van der Waals surface area (Å²) in [7, 11) is 1.81. The Morgan fingerprint density at radius 1 is 1.33 bits per heavy atom. The van der Waals surface area contributed by atoms with Crippen LogP contribution in [-0.4, -0.2) is 48.5 Å². The standard InChI is InChI=1S/C14H16BrN3O3/c1-17-3-2-4-18(7-12(17)19)11-6-10-8(5-9(11)15)13(20)14(21)16-10/h5-6,13,20H,2-4,7H2,1H3,(H,16,21). The first kappa shape index (κ1) is 14.3. The average molecular weight is 354 g/mol. The number of rotatable bonds is 1. The van der Waals surface area contributed by atoms with Crippen molar-refractivity contribution in [3.05, 3.63) is 22.2 Å². The number of carbonyl (C=O) groups excluding carboxylic acids is 2. The van der Waals surface area contributed by atoms with Crippen molar-refractivity contribution in [2.75, 3.05) is 36.9 Å². The van der Waals surface area contributed by atoms with E-state index < -0.39 is 12.0 Å². The Balaban J connectivity index is 1.95. The van der Waals surface area contributed by atoms with Crippen molar-refractivity contribution >= 4 is 39.1 Å². The second kappa shape index (κ2) is 5.31. The molecular weight excluding hydrogens is 338 g/mol. The predicted molar refractivity (Wildman–Crippen MR) is 82.2 cm³/mol. The summed E-state index contributed by atoms with van der Waals surface area (Å²) in [5.74, 6) is -0.343. The maximum Gasteiger partial charge on any atom is 0.257 e. The summed E-state index contributed by atoms with van der Waals surface area (Å²) in [6.07, 6.45) is -0.233. The molecule has 0 aromatic heterocycles. The number of aliphatic hydroxyl groups excluding tert-OH is 1. The van der Waals surface area contributed by atoms with Gasteiger partial charge in [0.1, 0.15) is 0 Å². The van der Waals surface area contributed by atoms with Crippen molar-refractivity contribution in [3.8, 4) is 0 Å². The molecule has 1 aromatic rings. The van der Waals surface area contributed by atoms with Gasteiger partial charge in [-0.05, 0) is 34.5 Å². The number of fused-ring (bicyclic) bond motifs is 1. The van der Waals surface area contributed by atoms with Crippen LogP contribution in [0.25, 0.3) is 0 Å². The number of carbonyl (C=O) groups is 2. The Morgan fingerprint density at radius 2 is 2.10 bits per heavy atom. The summed E-state index contributed by atoms with van der Waals surface area (Å²) in [6.45, 7) is 1.82. The molecular formula is C14H16BrN3O3. The molecule has 0 spiro atoms. The fourth-order valence-corrected chi connectivity index (χ4v) is 3.30. The maximum atomic E-state index is 12.0. The van der Waals surface area contributed by atoms with Crippen LogP contribution in [0.3, 0.4) is 0 Å². The molecule has 1 aromatic carbocycles. The van der Waals surface area contributed by atoms with Gasteiger partial charge in [0.2, 0.25) is 5.91 Å². The Kier molecular flexibility index (Phi) is 3.62. The van der Waals surface area contributed by atoms with Gasteiger partial charge in [0, 0.05) is 35.9 Å². The third-order valence-electron chi connectivity index (χ3n) is 3.93. The quantitative estimate of drug-likeness (QED) is 0.792. The van der Waals surface area contributed by atoms with Crippen LogP contribution in [0.2, 0.25) is 0 Å². The van der Waals surface area contributed by atoms with Gasteiger partial charge in [0.25, 0.3) is 5.91 Å². The van der Waals surface area contributed by atoms with Crippen LogP contribution in [0, 0.1) is 0 Å². The largest absolute Gasteiger partial charge is 0.378 e. The summed E-state index contributed by atoms with van der Waals surface area (Å²) < 4.78 is 0.772. The fourth-order valence-electron chi connectivity index (χ4n) is 2.69. The summed E-state index contributed by atoms with van der Waals surface area (Å²) in [4.78, 5) is 27.3. The molecule has 1 atom stereocenters. The second-order valence-electron chi connectivity index (χ2n) is 5.37. The molecule has 3 rings (SSSR count). The minimum atomic E-state index is -1.12. The molecule has 0 saturated carbocycles. The SMILES string of the molecule is CN1CCCN(c2cc3c(cc2Br)C(O)C(=O)N3)CC1=O. The van der Waals surface area contributed by atoms with E-state index in [0.29, 0.717) is 17.8 Å². The molecule has 112 valence electrons. The minimum Gasteiger partial charge on any atom is -0.378 e. The lowest BCUT2D eigenvalue weighted by molar-refractivity contribution is -0.128. The number of likely N-dealkylation sites (N-methyl/N-ethyl adjacent to an activating group) is 1. The number of amides is 2. The highest BCUT2D eigenvalue weighted by Gasteiger charge is 2.31. The van der Waals surface area contributed by atoms with Crippen molar-refractivity contribution in [1.82, 2.24) is 4.90 Å². The highest BCUT2D eigenvalue weighted by atomic mass is 79.9. The highest BCUT2D eigenvalue weighted by molar-refractivity contribution is 9.10. The van der Waals surface area contributed by atoms with Crippen LogP contribution in [0.5, 0.6) is 0 Å². The molecule has 1 saturated heterocycles. The highest BCUT2D eigenvalue weighted by Crippen LogP contribution is 2.39. The average Bonchev–Trinajstić information content (AvgIpc) is 2.61. The molecule has 21 heavy (non-hydrogen) atoms. The molecule has 2 heterocycles. The molecule has 2 amide bonds. The first-order valence-corrected chi connectivity index (χ1v) is 7.58. The van der Waals surface area contributed by atoms with Gasteiger partial charge in [-0.2, -0.15) is 0 Å². The molecule has 0 bridgehead atoms. The number of nitrogens with one attached hydrogen (secondary N) is 1. The van der Waals surface area contributed by atoms with Crippen molar-refractivity contribution in [1.29, 1.82) is 0 Å². The Hall–Kier alpha value is -1.60. The van der Waals surface area contributed by atoms with E-state index in [9.17, 15) is 14.7 Å². The third-order valence-corrected chi connectivity index (χ3v) is 4.57. The summed E-state index contributed by atoms with van der Waals surface area (Å²) in [6, 6.07) is 3.55. The van der Waals surface area contributed by atoms with Crippen LogP contribution in [0.1, 0.15) is 18.1 Å². The van der Waals surface area contributed by atoms with E-state index in [1.807, 2.05) is 11.0 Å². The maximum absolute atomic E-state index is 12.0. The Morgan fingerprint density at radius 3 is 2.86 bits per heavy atom. The van der Waals surface area contributed by atoms with Crippen LogP contribution in [-0.2, 0) is 9.59 Å². The third kappa shape index (κ3) is 2.51. The van der Waals surface area contributed by atoms with Crippen LogP contribution < -0.4 is 10.2 Å². The molecule has 7 heteroatoms. The van der Waals surface area contributed by atoms with E-state index >= 15 is 0 Å².